The topological polar surface area (TPSA) is 55.6 Å². The lowest BCUT2D eigenvalue weighted by Gasteiger charge is -2.45. The number of aromatic nitrogens is 1. The van der Waals surface area contributed by atoms with Crippen LogP contribution < -0.4 is 5.73 Å². The summed E-state index contributed by atoms with van der Waals surface area (Å²) < 4.78 is 0.237. The number of nitrogens with zero attached hydrogens (tertiary/aromatic N) is 3. The highest BCUT2D eigenvalue weighted by molar-refractivity contribution is 8.15. The van der Waals surface area contributed by atoms with Crippen LogP contribution in [0.3, 0.4) is 0 Å². The van der Waals surface area contributed by atoms with Crippen LogP contribution in [0.1, 0.15) is 55.9 Å². The van der Waals surface area contributed by atoms with Crippen LogP contribution in [0.5, 0.6) is 0 Å². The standard InChI is InChI=1S/C21H24N4S2/c1-14-9-17(15-10-16(23-3)12-24-11-15)26-18(14)20(2)13-21(27-19(22)25-20)7-5-4-6-8-21/h9-12H,4-8,13H2,1-2H3,(H2,22,25)/t20-/m0/s1. The summed E-state index contributed by atoms with van der Waals surface area (Å²) in [6.07, 6.45) is 10.9. The van der Waals surface area contributed by atoms with Gasteiger partial charge in [0.15, 0.2) is 5.17 Å². The summed E-state index contributed by atoms with van der Waals surface area (Å²) in [5.41, 5.74) is 8.88. The van der Waals surface area contributed by atoms with Crippen LogP contribution in [0.15, 0.2) is 29.5 Å². The van der Waals surface area contributed by atoms with E-state index in [0.717, 1.165) is 22.0 Å². The van der Waals surface area contributed by atoms with Gasteiger partial charge in [-0.3, -0.25) is 9.98 Å². The quantitative estimate of drug-likeness (QED) is 0.630. The summed E-state index contributed by atoms with van der Waals surface area (Å²) in [6, 6.07) is 4.12. The Morgan fingerprint density at radius 2 is 1.96 bits per heavy atom. The van der Waals surface area contributed by atoms with Gasteiger partial charge in [-0.25, -0.2) is 4.85 Å². The maximum absolute atomic E-state index is 7.23. The molecule has 1 aliphatic heterocycles. The Morgan fingerprint density at radius 1 is 1.19 bits per heavy atom. The molecule has 2 aromatic rings. The number of hydrogen-bond donors (Lipinski definition) is 1. The molecule has 140 valence electrons. The number of amidine groups is 1. The van der Waals surface area contributed by atoms with E-state index in [9.17, 15) is 0 Å². The summed E-state index contributed by atoms with van der Waals surface area (Å²) in [5, 5.41) is 0.733. The van der Waals surface area contributed by atoms with Crippen molar-refractivity contribution in [2.45, 2.75) is 62.7 Å². The molecule has 4 nitrogen and oxygen atoms in total. The number of nitrogens with two attached hydrogens (primary N) is 1. The van der Waals surface area contributed by atoms with Gasteiger partial charge in [-0.05, 0) is 56.4 Å². The fraction of sp³-hybridized carbons (Fsp3) is 0.476. The van der Waals surface area contributed by atoms with E-state index < -0.39 is 0 Å². The Kier molecular flexibility index (Phi) is 4.77. The molecule has 0 unspecified atom stereocenters. The number of pyridine rings is 1. The second-order valence-electron chi connectivity index (χ2n) is 7.91. The second-order valence-corrected chi connectivity index (χ2v) is 10.5. The van der Waals surface area contributed by atoms with Crippen molar-refractivity contribution in [1.82, 2.24) is 4.98 Å². The monoisotopic (exact) mass is 396 g/mol. The van der Waals surface area contributed by atoms with Crippen LogP contribution in [-0.2, 0) is 5.54 Å². The summed E-state index contributed by atoms with van der Waals surface area (Å²) in [6.45, 7) is 11.6. The molecule has 1 atom stereocenters. The molecule has 1 spiro atoms. The van der Waals surface area contributed by atoms with Gasteiger partial charge in [0, 0.05) is 26.9 Å². The van der Waals surface area contributed by atoms with Gasteiger partial charge in [-0.1, -0.05) is 31.0 Å². The van der Waals surface area contributed by atoms with E-state index in [1.54, 1.807) is 17.5 Å². The predicted molar refractivity (Wildman–Crippen MR) is 116 cm³/mol. The molecule has 1 fully saturated rings. The molecule has 6 heteroatoms. The van der Waals surface area contributed by atoms with E-state index in [1.807, 2.05) is 24.0 Å². The maximum Gasteiger partial charge on any atom is 0.205 e. The van der Waals surface area contributed by atoms with E-state index in [4.69, 9.17) is 17.3 Å². The van der Waals surface area contributed by atoms with Crippen LogP contribution in [0.2, 0.25) is 0 Å². The number of thiophene rings is 1. The molecule has 27 heavy (non-hydrogen) atoms. The molecule has 1 saturated carbocycles. The van der Waals surface area contributed by atoms with Crippen molar-refractivity contribution in [3.63, 3.8) is 0 Å². The number of rotatable bonds is 2. The van der Waals surface area contributed by atoms with Crippen LogP contribution in [0.4, 0.5) is 5.69 Å². The Bertz CT molecular complexity index is 934. The molecule has 0 aromatic carbocycles. The second kappa shape index (κ2) is 6.96. The number of hydrogen-bond acceptors (Lipinski definition) is 5. The van der Waals surface area contributed by atoms with Crippen LogP contribution in [-0.4, -0.2) is 14.9 Å². The highest BCUT2D eigenvalue weighted by Crippen LogP contribution is 2.54. The third-order valence-corrected chi connectivity index (χ3v) is 8.48. The van der Waals surface area contributed by atoms with Gasteiger partial charge in [0.1, 0.15) is 0 Å². The Labute approximate surface area is 169 Å². The zero-order valence-corrected chi connectivity index (χ0v) is 17.4. The van der Waals surface area contributed by atoms with E-state index >= 15 is 0 Å². The van der Waals surface area contributed by atoms with E-state index in [0.29, 0.717) is 5.69 Å². The third-order valence-electron chi connectivity index (χ3n) is 5.65. The highest BCUT2D eigenvalue weighted by atomic mass is 32.2. The first-order valence-electron chi connectivity index (χ1n) is 9.41. The summed E-state index contributed by atoms with van der Waals surface area (Å²) in [5.74, 6) is 0. The van der Waals surface area contributed by atoms with Crippen LogP contribution in [0.25, 0.3) is 15.3 Å². The molecule has 0 bridgehead atoms. The van der Waals surface area contributed by atoms with Crippen LogP contribution >= 0.6 is 23.1 Å². The van der Waals surface area contributed by atoms with Crippen molar-refractivity contribution in [3.05, 3.63) is 46.4 Å². The normalized spacial score (nSPS) is 24.4. The molecule has 4 rings (SSSR count). The summed E-state index contributed by atoms with van der Waals surface area (Å²) in [7, 11) is 0. The molecular formula is C21H24N4S2. The average Bonchev–Trinajstić information content (AvgIpc) is 3.04. The lowest BCUT2D eigenvalue weighted by atomic mass is 9.78. The van der Waals surface area contributed by atoms with Crippen molar-refractivity contribution in [3.8, 4) is 10.4 Å². The van der Waals surface area contributed by atoms with E-state index in [2.05, 4.69) is 29.7 Å². The molecule has 0 amide bonds. The van der Waals surface area contributed by atoms with E-state index in [-0.39, 0.29) is 10.3 Å². The molecule has 0 saturated heterocycles. The zero-order chi connectivity index (χ0) is 19.1. The highest BCUT2D eigenvalue weighted by Gasteiger charge is 2.46. The molecule has 3 heterocycles. The Balaban J connectivity index is 1.73. The SMILES string of the molecule is [C-]#[N+]c1cncc(-c2cc(C)c([C@]3(C)CC4(CCCCC4)SC(N)=N3)s2)c1. The lowest BCUT2D eigenvalue weighted by molar-refractivity contribution is 0.305. The van der Waals surface area contributed by atoms with Crippen molar-refractivity contribution in [2.24, 2.45) is 10.7 Å². The fourth-order valence-electron chi connectivity index (χ4n) is 4.58. The molecular weight excluding hydrogens is 372 g/mol. The van der Waals surface area contributed by atoms with E-state index in [1.165, 1.54) is 42.5 Å². The lowest BCUT2D eigenvalue weighted by Crippen LogP contribution is -2.43. The van der Waals surface area contributed by atoms with Gasteiger partial charge in [0.2, 0.25) is 5.69 Å². The largest absolute Gasteiger partial charge is 0.378 e. The van der Waals surface area contributed by atoms with Gasteiger partial charge >= 0.3 is 0 Å². The van der Waals surface area contributed by atoms with Crippen LogP contribution in [0, 0.1) is 13.5 Å². The third kappa shape index (κ3) is 3.51. The minimum atomic E-state index is -0.273. The van der Waals surface area contributed by atoms with Crippen molar-refractivity contribution in [1.29, 1.82) is 0 Å². The van der Waals surface area contributed by atoms with Gasteiger partial charge in [0.25, 0.3) is 0 Å². The molecule has 2 N–H and O–H groups in total. The smallest absolute Gasteiger partial charge is 0.205 e. The first-order valence-corrected chi connectivity index (χ1v) is 11.0. The average molecular weight is 397 g/mol. The number of thioether (sulfide) groups is 1. The fourth-order valence-corrected chi connectivity index (χ4v) is 7.36. The summed E-state index contributed by atoms with van der Waals surface area (Å²) in [4.78, 5) is 15.1. The van der Waals surface area contributed by atoms with Crippen molar-refractivity contribution in [2.75, 3.05) is 0 Å². The van der Waals surface area contributed by atoms with Crippen molar-refractivity contribution >= 4 is 34.0 Å². The predicted octanol–water partition coefficient (Wildman–Crippen LogP) is 6.04. The first-order chi connectivity index (χ1) is 12.9. The minimum absolute atomic E-state index is 0.237. The summed E-state index contributed by atoms with van der Waals surface area (Å²) >= 11 is 3.58. The van der Waals surface area contributed by atoms with Gasteiger partial charge < -0.3 is 5.73 Å². The van der Waals surface area contributed by atoms with Gasteiger partial charge in [-0.15, -0.1) is 11.3 Å². The molecule has 1 aliphatic carbocycles. The first kappa shape index (κ1) is 18.5. The Morgan fingerprint density at radius 3 is 2.70 bits per heavy atom. The van der Waals surface area contributed by atoms with Gasteiger partial charge in [0.05, 0.1) is 12.1 Å². The Hall–Kier alpha value is -1.84. The maximum atomic E-state index is 7.23. The van der Waals surface area contributed by atoms with Crippen molar-refractivity contribution < 1.29 is 0 Å². The number of aryl methyl sites for hydroxylation is 1. The van der Waals surface area contributed by atoms with Gasteiger partial charge in [-0.2, -0.15) is 0 Å². The minimum Gasteiger partial charge on any atom is -0.378 e. The number of aliphatic imine (C=N–C) groups is 1. The molecule has 0 radical (unpaired) electrons. The zero-order valence-electron chi connectivity index (χ0n) is 15.8. The molecule has 2 aliphatic rings. The molecule has 2 aromatic heterocycles.